The van der Waals surface area contributed by atoms with Gasteiger partial charge in [-0.2, -0.15) is 4.37 Å². The number of halogens is 2. The predicted octanol–water partition coefficient (Wildman–Crippen LogP) is 3.11. The largest absolute Gasteiger partial charge is 0.208 e. The third kappa shape index (κ3) is 1.92. The molecule has 1 heterocycles. The first-order valence-electron chi connectivity index (χ1n) is 3.51. The monoisotopic (exact) mass is 258 g/mol. The van der Waals surface area contributed by atoms with Gasteiger partial charge < -0.3 is 0 Å². The molecule has 0 fully saturated rings. The summed E-state index contributed by atoms with van der Waals surface area (Å²) in [5, 5.41) is 0. The highest BCUT2D eigenvalue weighted by molar-refractivity contribution is 9.11. The molecule has 0 saturated heterocycles. The van der Waals surface area contributed by atoms with Crippen LogP contribution >= 0.6 is 27.5 Å². The van der Waals surface area contributed by atoms with Gasteiger partial charge in [0.1, 0.15) is 5.82 Å². The molecule has 0 amide bonds. The van der Waals surface area contributed by atoms with E-state index < -0.39 is 0 Å². The summed E-state index contributed by atoms with van der Waals surface area (Å²) in [5.74, 6) is 0.370. The van der Waals surface area contributed by atoms with Gasteiger partial charge in [-0.3, -0.25) is 0 Å². The molecule has 0 aliphatic carbocycles. The molecular formula is C8H4BrFN2S. The molecule has 0 saturated carbocycles. The standard InChI is InChI=1S/C8H4BrFN2S/c9-8-11-7(12-13-8)5-1-3-6(10)4-2-5/h1-4H. The maximum Gasteiger partial charge on any atom is 0.179 e. The first kappa shape index (κ1) is 8.77. The zero-order valence-corrected chi connectivity index (χ0v) is 8.77. The Labute approximate surface area is 86.7 Å². The highest BCUT2D eigenvalue weighted by atomic mass is 79.9. The lowest BCUT2D eigenvalue weighted by Gasteiger charge is -1.92. The van der Waals surface area contributed by atoms with Crippen molar-refractivity contribution < 1.29 is 4.39 Å². The Morgan fingerprint density at radius 1 is 1.23 bits per heavy atom. The molecule has 0 spiro atoms. The highest BCUT2D eigenvalue weighted by Gasteiger charge is 2.03. The molecule has 5 heteroatoms. The van der Waals surface area contributed by atoms with Gasteiger partial charge in [-0.1, -0.05) is 0 Å². The van der Waals surface area contributed by atoms with Gasteiger partial charge in [0, 0.05) is 5.56 Å². The van der Waals surface area contributed by atoms with Gasteiger partial charge in [0.2, 0.25) is 0 Å². The summed E-state index contributed by atoms with van der Waals surface area (Å²) in [5.41, 5.74) is 0.823. The first-order chi connectivity index (χ1) is 6.25. The molecule has 2 aromatic rings. The van der Waals surface area contributed by atoms with Gasteiger partial charge in [-0.05, 0) is 51.7 Å². The molecule has 1 aromatic heterocycles. The van der Waals surface area contributed by atoms with Crippen molar-refractivity contribution >= 4 is 27.5 Å². The maximum absolute atomic E-state index is 12.6. The molecule has 0 aliphatic rings. The topological polar surface area (TPSA) is 25.8 Å². The maximum atomic E-state index is 12.6. The van der Waals surface area contributed by atoms with E-state index in [2.05, 4.69) is 25.3 Å². The van der Waals surface area contributed by atoms with E-state index in [1.165, 1.54) is 23.7 Å². The molecule has 13 heavy (non-hydrogen) atoms. The van der Waals surface area contributed by atoms with Crippen molar-refractivity contribution in [2.75, 3.05) is 0 Å². The quantitative estimate of drug-likeness (QED) is 0.786. The van der Waals surface area contributed by atoms with E-state index in [0.717, 1.165) is 9.48 Å². The summed E-state index contributed by atoms with van der Waals surface area (Å²) in [4.78, 5) is 4.11. The lowest BCUT2D eigenvalue weighted by atomic mass is 10.2. The van der Waals surface area contributed by atoms with Crippen molar-refractivity contribution in [1.29, 1.82) is 0 Å². The molecule has 0 N–H and O–H groups in total. The minimum atomic E-state index is -0.252. The Balaban J connectivity index is 2.41. The van der Waals surface area contributed by atoms with Gasteiger partial charge in [0.15, 0.2) is 9.74 Å². The van der Waals surface area contributed by atoms with Crippen molar-refractivity contribution in [3.8, 4) is 11.4 Å². The number of hydrogen-bond acceptors (Lipinski definition) is 3. The molecule has 0 unspecified atom stereocenters. The molecule has 1 aromatic carbocycles. The van der Waals surface area contributed by atoms with Crippen LogP contribution in [0.25, 0.3) is 11.4 Å². The van der Waals surface area contributed by atoms with Crippen molar-refractivity contribution in [3.63, 3.8) is 0 Å². The summed E-state index contributed by atoms with van der Waals surface area (Å²) in [6, 6.07) is 6.10. The van der Waals surface area contributed by atoms with E-state index in [0.29, 0.717) is 5.82 Å². The lowest BCUT2D eigenvalue weighted by molar-refractivity contribution is 0.628. The number of benzene rings is 1. The molecule has 66 valence electrons. The Bertz CT molecular complexity index is 412. The Morgan fingerprint density at radius 3 is 2.46 bits per heavy atom. The molecule has 0 radical (unpaired) electrons. The van der Waals surface area contributed by atoms with Crippen LogP contribution in [0.5, 0.6) is 0 Å². The van der Waals surface area contributed by atoms with Crippen LogP contribution in [0.15, 0.2) is 28.2 Å². The fraction of sp³-hybridized carbons (Fsp3) is 0. The van der Waals surface area contributed by atoms with Crippen LogP contribution in [-0.2, 0) is 0 Å². The van der Waals surface area contributed by atoms with Crippen LogP contribution in [0.2, 0.25) is 0 Å². The normalized spacial score (nSPS) is 10.3. The minimum absolute atomic E-state index is 0.252. The zero-order valence-electron chi connectivity index (χ0n) is 6.37. The zero-order chi connectivity index (χ0) is 9.26. The van der Waals surface area contributed by atoms with Crippen molar-refractivity contribution in [3.05, 3.63) is 34.0 Å². The van der Waals surface area contributed by atoms with Crippen LogP contribution in [0.4, 0.5) is 4.39 Å². The van der Waals surface area contributed by atoms with Crippen LogP contribution in [0.3, 0.4) is 0 Å². The van der Waals surface area contributed by atoms with E-state index in [4.69, 9.17) is 0 Å². The van der Waals surface area contributed by atoms with Gasteiger partial charge in [0.05, 0.1) is 0 Å². The van der Waals surface area contributed by atoms with Crippen LogP contribution in [-0.4, -0.2) is 9.36 Å². The Morgan fingerprint density at radius 2 is 1.92 bits per heavy atom. The first-order valence-corrected chi connectivity index (χ1v) is 5.07. The summed E-state index contributed by atoms with van der Waals surface area (Å²) in [7, 11) is 0. The SMILES string of the molecule is Fc1ccc(-c2nsc(Br)n2)cc1. The van der Waals surface area contributed by atoms with E-state index in [1.54, 1.807) is 12.1 Å². The van der Waals surface area contributed by atoms with Crippen LogP contribution in [0.1, 0.15) is 0 Å². The van der Waals surface area contributed by atoms with Gasteiger partial charge in [-0.25, -0.2) is 9.37 Å². The number of hydrogen-bond donors (Lipinski definition) is 0. The summed E-state index contributed by atoms with van der Waals surface area (Å²) < 4.78 is 17.4. The van der Waals surface area contributed by atoms with E-state index >= 15 is 0 Å². The van der Waals surface area contributed by atoms with E-state index in [-0.39, 0.29) is 5.82 Å². The van der Waals surface area contributed by atoms with E-state index in [9.17, 15) is 4.39 Å². The third-order valence-electron chi connectivity index (χ3n) is 1.50. The fourth-order valence-corrected chi connectivity index (χ4v) is 1.74. The lowest BCUT2D eigenvalue weighted by Crippen LogP contribution is -1.80. The molecular weight excluding hydrogens is 255 g/mol. The average Bonchev–Trinajstić information content (AvgIpc) is 2.53. The van der Waals surface area contributed by atoms with Crippen molar-refractivity contribution in [2.24, 2.45) is 0 Å². The van der Waals surface area contributed by atoms with E-state index in [1.807, 2.05) is 0 Å². The second-order valence-corrected chi connectivity index (χ2v) is 4.41. The van der Waals surface area contributed by atoms with Gasteiger partial charge >= 0.3 is 0 Å². The minimum Gasteiger partial charge on any atom is -0.208 e. The predicted molar refractivity (Wildman–Crippen MR) is 53.0 cm³/mol. The van der Waals surface area contributed by atoms with Crippen LogP contribution in [0, 0.1) is 5.82 Å². The third-order valence-corrected chi connectivity index (χ3v) is 2.62. The fourth-order valence-electron chi connectivity index (χ4n) is 0.921. The van der Waals surface area contributed by atoms with Crippen molar-refractivity contribution in [1.82, 2.24) is 9.36 Å². The second-order valence-electron chi connectivity index (χ2n) is 2.38. The Hall–Kier alpha value is -0.810. The molecule has 0 aliphatic heterocycles. The van der Waals surface area contributed by atoms with Gasteiger partial charge in [-0.15, -0.1) is 0 Å². The number of aromatic nitrogens is 2. The Kier molecular flexibility index (Phi) is 2.37. The smallest absolute Gasteiger partial charge is 0.179 e. The number of nitrogens with zero attached hydrogens (tertiary/aromatic N) is 2. The summed E-state index contributed by atoms with van der Waals surface area (Å²) in [6.07, 6.45) is 0. The molecule has 0 atom stereocenters. The summed E-state index contributed by atoms with van der Waals surface area (Å²) in [6.45, 7) is 0. The average molecular weight is 259 g/mol. The highest BCUT2D eigenvalue weighted by Crippen LogP contribution is 2.21. The molecule has 2 nitrogen and oxygen atoms in total. The molecule has 0 bridgehead atoms. The summed E-state index contributed by atoms with van der Waals surface area (Å²) >= 11 is 4.48. The van der Waals surface area contributed by atoms with Gasteiger partial charge in [0.25, 0.3) is 0 Å². The van der Waals surface area contributed by atoms with Crippen LogP contribution < -0.4 is 0 Å². The molecule has 2 rings (SSSR count). The second kappa shape index (κ2) is 3.51. The van der Waals surface area contributed by atoms with Crippen molar-refractivity contribution in [2.45, 2.75) is 0 Å². The number of rotatable bonds is 1.